The molecule has 1 aromatic carbocycles. The normalized spacial score (nSPS) is 15.4. The highest BCUT2D eigenvalue weighted by Crippen LogP contribution is 2.44. The van der Waals surface area contributed by atoms with E-state index in [1.807, 2.05) is 23.7 Å². The van der Waals surface area contributed by atoms with Crippen LogP contribution in [0.3, 0.4) is 0 Å². The van der Waals surface area contributed by atoms with Gasteiger partial charge in [0.25, 0.3) is 0 Å². The molecule has 0 spiro atoms. The molecule has 1 unspecified atom stereocenters. The third kappa shape index (κ3) is 6.36. The van der Waals surface area contributed by atoms with E-state index in [2.05, 4.69) is 68.3 Å². The Morgan fingerprint density at radius 1 is 1.30 bits per heavy atom. The Labute approximate surface area is 227 Å². The molecule has 1 amide bonds. The highest BCUT2D eigenvalue weighted by Gasteiger charge is 2.32. The first kappa shape index (κ1) is 27.2. The van der Waals surface area contributed by atoms with Gasteiger partial charge in [-0.1, -0.05) is 58.5 Å². The van der Waals surface area contributed by atoms with Crippen LogP contribution in [0.25, 0.3) is 0 Å². The first-order valence-corrected chi connectivity index (χ1v) is 14.4. The van der Waals surface area contributed by atoms with E-state index in [-0.39, 0.29) is 17.1 Å². The molecule has 0 saturated carbocycles. The molecule has 1 N–H and O–H groups in total. The lowest BCUT2D eigenvalue weighted by atomic mass is 9.72. The molecule has 1 atom stereocenters. The van der Waals surface area contributed by atoms with Crippen LogP contribution in [0.1, 0.15) is 74.3 Å². The van der Waals surface area contributed by atoms with Crippen molar-refractivity contribution in [3.8, 4) is 11.8 Å². The number of nitrogens with zero attached hydrogens (tertiary/aromatic N) is 4. The highest BCUT2D eigenvalue weighted by atomic mass is 32.2. The summed E-state index contributed by atoms with van der Waals surface area (Å²) in [5.74, 6) is 2.55. The van der Waals surface area contributed by atoms with Crippen molar-refractivity contribution >= 4 is 34.0 Å². The number of thioether (sulfide) groups is 1. The third-order valence-electron chi connectivity index (χ3n) is 7.03. The van der Waals surface area contributed by atoms with Gasteiger partial charge in [0.15, 0.2) is 11.0 Å². The van der Waals surface area contributed by atoms with Crippen molar-refractivity contribution < 1.29 is 9.53 Å². The number of carbonyl (C=O) groups is 1. The molecular formula is C28H35N5O2S2. The largest absolute Gasteiger partial charge is 0.486 e. The van der Waals surface area contributed by atoms with Crippen LogP contribution in [0.4, 0.5) is 5.00 Å². The molecule has 0 radical (unpaired) electrons. The fourth-order valence-corrected chi connectivity index (χ4v) is 6.54. The Bertz CT molecular complexity index is 1300. The summed E-state index contributed by atoms with van der Waals surface area (Å²) in [6.07, 6.45) is 2.94. The topological polar surface area (TPSA) is 92.8 Å². The Hall–Kier alpha value is -2.83. The number of nitrogens with one attached hydrogen (secondary N) is 1. The van der Waals surface area contributed by atoms with E-state index in [1.165, 1.54) is 22.2 Å². The maximum Gasteiger partial charge on any atom is 0.235 e. The fourth-order valence-electron chi connectivity index (χ4n) is 4.52. The molecule has 3 aromatic rings. The SMILES string of the molecule is CC(C)c1ccc(OCc2nnc(SCC(=O)Nc3sc4c(c3C#N)CCC(C(C)(C)C)C4)n2C)cc1. The Balaban J connectivity index is 1.33. The second kappa shape index (κ2) is 11.3. The number of hydrogen-bond acceptors (Lipinski definition) is 7. The molecule has 1 aliphatic rings. The van der Waals surface area contributed by atoms with E-state index in [1.54, 1.807) is 11.3 Å². The number of anilines is 1. The zero-order valence-corrected chi connectivity index (χ0v) is 24.1. The quantitative estimate of drug-likeness (QED) is 0.337. The Kier molecular flexibility index (Phi) is 8.29. The van der Waals surface area contributed by atoms with E-state index < -0.39 is 0 Å². The summed E-state index contributed by atoms with van der Waals surface area (Å²) in [5.41, 5.74) is 3.24. The van der Waals surface area contributed by atoms with Crippen LogP contribution < -0.4 is 10.1 Å². The number of fused-ring (bicyclic) bond motifs is 1. The van der Waals surface area contributed by atoms with Crippen molar-refractivity contribution in [1.29, 1.82) is 5.26 Å². The summed E-state index contributed by atoms with van der Waals surface area (Å²) < 4.78 is 7.72. The van der Waals surface area contributed by atoms with Crippen LogP contribution in [0.15, 0.2) is 29.4 Å². The first-order chi connectivity index (χ1) is 17.6. The summed E-state index contributed by atoms with van der Waals surface area (Å²) in [6.45, 7) is 11.4. The van der Waals surface area contributed by atoms with Crippen LogP contribution >= 0.6 is 23.1 Å². The smallest absolute Gasteiger partial charge is 0.235 e. The summed E-state index contributed by atoms with van der Waals surface area (Å²) in [6, 6.07) is 10.4. The van der Waals surface area contributed by atoms with Gasteiger partial charge in [-0.15, -0.1) is 21.5 Å². The maximum absolute atomic E-state index is 12.8. The van der Waals surface area contributed by atoms with Crippen LogP contribution in [-0.2, 0) is 31.3 Å². The molecule has 0 fully saturated rings. The van der Waals surface area contributed by atoms with E-state index >= 15 is 0 Å². The molecule has 0 aliphatic heterocycles. The summed E-state index contributed by atoms with van der Waals surface area (Å²) in [4.78, 5) is 14.0. The highest BCUT2D eigenvalue weighted by molar-refractivity contribution is 7.99. The van der Waals surface area contributed by atoms with Gasteiger partial charge in [0.1, 0.15) is 23.4 Å². The average molecular weight is 538 g/mol. The van der Waals surface area contributed by atoms with Gasteiger partial charge in [-0.05, 0) is 59.8 Å². The number of aromatic nitrogens is 3. The number of thiophene rings is 1. The van der Waals surface area contributed by atoms with Crippen LogP contribution in [0, 0.1) is 22.7 Å². The van der Waals surface area contributed by atoms with E-state index in [0.717, 1.165) is 30.6 Å². The summed E-state index contributed by atoms with van der Waals surface area (Å²) in [5, 5.41) is 22.5. The maximum atomic E-state index is 12.8. The van der Waals surface area contributed by atoms with Crippen molar-refractivity contribution in [3.05, 3.63) is 51.7 Å². The van der Waals surface area contributed by atoms with Crippen LogP contribution in [-0.4, -0.2) is 26.4 Å². The number of carbonyl (C=O) groups excluding carboxylic acids is 1. The molecule has 0 saturated heterocycles. The minimum absolute atomic E-state index is 0.154. The minimum atomic E-state index is -0.154. The summed E-state index contributed by atoms with van der Waals surface area (Å²) in [7, 11) is 1.87. The third-order valence-corrected chi connectivity index (χ3v) is 9.22. The summed E-state index contributed by atoms with van der Waals surface area (Å²) >= 11 is 2.87. The Morgan fingerprint density at radius 2 is 2.03 bits per heavy atom. The monoisotopic (exact) mass is 537 g/mol. The van der Waals surface area contributed by atoms with Gasteiger partial charge in [-0.3, -0.25) is 4.79 Å². The van der Waals surface area contributed by atoms with E-state index in [9.17, 15) is 10.1 Å². The van der Waals surface area contributed by atoms with E-state index in [0.29, 0.717) is 40.0 Å². The molecule has 9 heteroatoms. The molecule has 7 nitrogen and oxygen atoms in total. The van der Waals surface area contributed by atoms with E-state index in [4.69, 9.17) is 4.74 Å². The van der Waals surface area contributed by atoms with Crippen molar-refractivity contribution in [3.63, 3.8) is 0 Å². The van der Waals surface area contributed by atoms with Gasteiger partial charge in [0, 0.05) is 11.9 Å². The van der Waals surface area contributed by atoms with Crippen molar-refractivity contribution in [2.24, 2.45) is 18.4 Å². The molecule has 1 aliphatic carbocycles. The Morgan fingerprint density at radius 3 is 2.68 bits per heavy atom. The standard InChI is InChI=1S/C28H35N5O2S2/c1-17(2)18-7-10-20(11-8-18)35-15-24-31-32-27(33(24)6)36-16-25(34)30-26-22(14-29)21-12-9-19(28(3,4)5)13-23(21)37-26/h7-8,10-11,17,19H,9,12-13,15-16H2,1-6H3,(H,30,34). The van der Waals surface area contributed by atoms with Gasteiger partial charge >= 0.3 is 0 Å². The molecule has 196 valence electrons. The van der Waals surface area contributed by atoms with Crippen LogP contribution in [0.2, 0.25) is 0 Å². The lowest BCUT2D eigenvalue weighted by Gasteiger charge is -2.33. The zero-order valence-electron chi connectivity index (χ0n) is 22.4. The van der Waals surface area contributed by atoms with Gasteiger partial charge in [0.05, 0.1) is 11.3 Å². The second-order valence-electron chi connectivity index (χ2n) is 10.9. The predicted octanol–water partition coefficient (Wildman–Crippen LogP) is 6.33. The minimum Gasteiger partial charge on any atom is -0.486 e. The van der Waals surface area contributed by atoms with Gasteiger partial charge in [-0.25, -0.2) is 0 Å². The van der Waals surface area contributed by atoms with Crippen molar-refractivity contribution in [2.45, 2.75) is 71.6 Å². The second-order valence-corrected chi connectivity index (χ2v) is 13.0. The average Bonchev–Trinajstić information content (AvgIpc) is 3.39. The lowest BCUT2D eigenvalue weighted by molar-refractivity contribution is -0.113. The van der Waals surface area contributed by atoms with Gasteiger partial charge in [0.2, 0.25) is 5.91 Å². The number of nitriles is 1. The van der Waals surface area contributed by atoms with Crippen LogP contribution in [0.5, 0.6) is 5.75 Å². The van der Waals surface area contributed by atoms with Crippen molar-refractivity contribution in [2.75, 3.05) is 11.1 Å². The first-order valence-electron chi connectivity index (χ1n) is 12.6. The fraction of sp³-hybridized carbons (Fsp3) is 0.500. The number of benzene rings is 1. The number of hydrogen-bond donors (Lipinski definition) is 1. The lowest BCUT2D eigenvalue weighted by Crippen LogP contribution is -2.26. The molecule has 2 aromatic heterocycles. The molecule has 2 heterocycles. The number of amides is 1. The molecule has 4 rings (SSSR count). The number of ether oxygens (including phenoxy) is 1. The van der Waals surface area contributed by atoms with Gasteiger partial charge in [-0.2, -0.15) is 5.26 Å². The molecule has 37 heavy (non-hydrogen) atoms. The molecule has 0 bridgehead atoms. The van der Waals surface area contributed by atoms with Gasteiger partial charge < -0.3 is 14.6 Å². The number of rotatable bonds is 8. The zero-order chi connectivity index (χ0) is 26.7. The predicted molar refractivity (Wildman–Crippen MR) is 149 cm³/mol. The molecular weight excluding hydrogens is 502 g/mol. The van der Waals surface area contributed by atoms with Crippen molar-refractivity contribution in [1.82, 2.24) is 14.8 Å².